The Morgan fingerprint density at radius 1 is 0.923 bits per heavy atom. The molecule has 0 fully saturated rings. The lowest BCUT2D eigenvalue weighted by atomic mass is 9.98. The van der Waals surface area contributed by atoms with Crippen molar-refractivity contribution in [3.63, 3.8) is 0 Å². The van der Waals surface area contributed by atoms with Gasteiger partial charge in [-0.25, -0.2) is 0 Å². The Morgan fingerprint density at radius 3 is 2.23 bits per heavy atom. The zero-order chi connectivity index (χ0) is 9.94. The summed E-state index contributed by atoms with van der Waals surface area (Å²) in [4.78, 5) is 0. The zero-order valence-corrected chi connectivity index (χ0v) is 9.42. The van der Waals surface area contributed by atoms with E-state index in [0.29, 0.717) is 0 Å². The summed E-state index contributed by atoms with van der Waals surface area (Å²) < 4.78 is 0. The van der Waals surface area contributed by atoms with Crippen LogP contribution < -0.4 is 0 Å². The minimum atomic E-state index is 0.922. The van der Waals surface area contributed by atoms with Crippen molar-refractivity contribution in [2.45, 2.75) is 52.9 Å². The second-order valence-corrected chi connectivity index (χ2v) is 3.47. The molecule has 0 aromatic heterocycles. The lowest BCUT2D eigenvalue weighted by molar-refractivity contribution is 0.480. The molecule has 0 N–H and O–H groups in total. The number of allylic oxidation sites excluding steroid dienone is 4. The van der Waals surface area contributed by atoms with Gasteiger partial charge in [-0.1, -0.05) is 51.5 Å². The molecule has 0 heterocycles. The molecule has 0 aliphatic heterocycles. The molecule has 0 heteroatoms. The van der Waals surface area contributed by atoms with Gasteiger partial charge >= 0.3 is 0 Å². The molecule has 0 spiro atoms. The van der Waals surface area contributed by atoms with Crippen molar-refractivity contribution in [2.24, 2.45) is 5.92 Å². The lowest BCUT2D eigenvalue weighted by Gasteiger charge is -2.08. The summed E-state index contributed by atoms with van der Waals surface area (Å²) in [5.41, 5.74) is 0. The molecular weight excluding hydrogens is 156 g/mol. The van der Waals surface area contributed by atoms with Crippen molar-refractivity contribution in [1.29, 1.82) is 0 Å². The van der Waals surface area contributed by atoms with E-state index in [2.05, 4.69) is 31.2 Å². The average Bonchev–Trinajstić information content (AvgIpc) is 2.19. The molecule has 0 nitrogen and oxygen atoms in total. The maximum Gasteiger partial charge on any atom is -0.0345 e. The predicted octanol–water partition coefficient (Wildman–Crippen LogP) is 4.73. The van der Waals surface area contributed by atoms with E-state index in [4.69, 9.17) is 0 Å². The standard InChI is InChI=1S/C11H18.C2H6/c1-11-9-7-5-3-2-4-6-8-10-11;1-2/h2-5,11H,6-10H2,1H3;1-2H3/b4-2-,5-3-;. The van der Waals surface area contributed by atoms with Crippen molar-refractivity contribution in [1.82, 2.24) is 0 Å². The minimum Gasteiger partial charge on any atom is -0.0845 e. The van der Waals surface area contributed by atoms with Crippen molar-refractivity contribution in [3.05, 3.63) is 24.3 Å². The van der Waals surface area contributed by atoms with E-state index in [1.165, 1.54) is 32.1 Å². The van der Waals surface area contributed by atoms with Crippen LogP contribution in [0.1, 0.15) is 52.9 Å². The zero-order valence-electron chi connectivity index (χ0n) is 9.42. The first-order valence-electron chi connectivity index (χ1n) is 5.71. The molecule has 0 saturated carbocycles. The minimum absolute atomic E-state index is 0.922. The van der Waals surface area contributed by atoms with Crippen molar-refractivity contribution in [2.75, 3.05) is 0 Å². The Kier molecular flexibility index (Phi) is 9.18. The monoisotopic (exact) mass is 180 g/mol. The summed E-state index contributed by atoms with van der Waals surface area (Å²) in [5.74, 6) is 0.922. The quantitative estimate of drug-likeness (QED) is 0.506. The fourth-order valence-electron chi connectivity index (χ4n) is 1.46. The highest BCUT2D eigenvalue weighted by atomic mass is 14.1. The number of hydrogen-bond acceptors (Lipinski definition) is 0. The van der Waals surface area contributed by atoms with E-state index in [0.717, 1.165) is 5.92 Å². The maximum atomic E-state index is 2.36. The summed E-state index contributed by atoms with van der Waals surface area (Å²) >= 11 is 0. The highest BCUT2D eigenvalue weighted by Gasteiger charge is 1.99. The summed E-state index contributed by atoms with van der Waals surface area (Å²) in [6, 6.07) is 0. The van der Waals surface area contributed by atoms with Crippen LogP contribution >= 0.6 is 0 Å². The Morgan fingerprint density at radius 2 is 1.54 bits per heavy atom. The fourth-order valence-corrected chi connectivity index (χ4v) is 1.46. The lowest BCUT2D eigenvalue weighted by Crippen LogP contribution is -1.93. The van der Waals surface area contributed by atoms with Gasteiger partial charge in [-0.05, 0) is 31.6 Å². The first-order chi connectivity index (χ1) is 6.39. The second-order valence-electron chi connectivity index (χ2n) is 3.47. The van der Waals surface area contributed by atoms with E-state index in [1.807, 2.05) is 13.8 Å². The molecular formula is C13H24. The number of rotatable bonds is 0. The molecule has 0 saturated heterocycles. The van der Waals surface area contributed by atoms with E-state index in [9.17, 15) is 0 Å². The third kappa shape index (κ3) is 7.83. The van der Waals surface area contributed by atoms with Gasteiger partial charge in [0.25, 0.3) is 0 Å². The number of hydrogen-bond donors (Lipinski definition) is 0. The molecule has 1 atom stereocenters. The summed E-state index contributed by atoms with van der Waals surface area (Å²) in [5, 5.41) is 0. The highest BCUT2D eigenvalue weighted by molar-refractivity contribution is 5.02. The van der Waals surface area contributed by atoms with Gasteiger partial charge in [-0.15, -0.1) is 0 Å². The Labute approximate surface area is 83.7 Å². The largest absolute Gasteiger partial charge is 0.0845 e. The van der Waals surface area contributed by atoms with Gasteiger partial charge < -0.3 is 0 Å². The van der Waals surface area contributed by atoms with Crippen LogP contribution in [-0.2, 0) is 0 Å². The van der Waals surface area contributed by atoms with Gasteiger partial charge in [-0.2, -0.15) is 0 Å². The molecule has 0 radical (unpaired) electrons. The molecule has 1 unspecified atom stereocenters. The topological polar surface area (TPSA) is 0 Å². The first kappa shape index (κ1) is 12.5. The molecule has 1 rings (SSSR count). The molecule has 1 aliphatic rings. The molecule has 0 aromatic rings. The molecule has 0 aromatic carbocycles. The van der Waals surface area contributed by atoms with Crippen LogP contribution in [0.15, 0.2) is 24.3 Å². The predicted molar refractivity (Wildman–Crippen MR) is 61.9 cm³/mol. The summed E-state index contributed by atoms with van der Waals surface area (Å²) in [7, 11) is 0. The smallest absolute Gasteiger partial charge is 0.0345 e. The van der Waals surface area contributed by atoms with Gasteiger partial charge in [-0.3, -0.25) is 0 Å². The summed E-state index contributed by atoms with van der Waals surface area (Å²) in [6.07, 6.45) is 15.6. The van der Waals surface area contributed by atoms with Gasteiger partial charge in [0.05, 0.1) is 0 Å². The molecule has 0 amide bonds. The van der Waals surface area contributed by atoms with E-state index < -0.39 is 0 Å². The van der Waals surface area contributed by atoms with Crippen molar-refractivity contribution >= 4 is 0 Å². The van der Waals surface area contributed by atoms with Crippen molar-refractivity contribution < 1.29 is 0 Å². The van der Waals surface area contributed by atoms with Crippen LogP contribution in [0.25, 0.3) is 0 Å². The maximum absolute atomic E-state index is 2.36. The third-order valence-electron chi connectivity index (χ3n) is 2.28. The van der Waals surface area contributed by atoms with Crippen molar-refractivity contribution in [3.8, 4) is 0 Å². The molecule has 1 aliphatic carbocycles. The van der Waals surface area contributed by atoms with Gasteiger partial charge in [0.2, 0.25) is 0 Å². The van der Waals surface area contributed by atoms with Crippen LogP contribution in [0.3, 0.4) is 0 Å². The van der Waals surface area contributed by atoms with E-state index in [-0.39, 0.29) is 0 Å². The average molecular weight is 180 g/mol. The third-order valence-corrected chi connectivity index (χ3v) is 2.28. The highest BCUT2D eigenvalue weighted by Crippen LogP contribution is 2.15. The van der Waals surface area contributed by atoms with Gasteiger partial charge in [0.1, 0.15) is 0 Å². The normalized spacial score (nSPS) is 28.1. The van der Waals surface area contributed by atoms with E-state index in [1.54, 1.807) is 0 Å². The Balaban J connectivity index is 0.000000671. The first-order valence-corrected chi connectivity index (χ1v) is 5.71. The Bertz CT molecular complexity index is 142. The van der Waals surface area contributed by atoms with Crippen LogP contribution in [0, 0.1) is 5.92 Å². The Hall–Kier alpha value is -0.520. The molecule has 0 bridgehead atoms. The van der Waals surface area contributed by atoms with Crippen LogP contribution in [-0.4, -0.2) is 0 Å². The summed E-state index contributed by atoms with van der Waals surface area (Å²) in [6.45, 7) is 6.36. The van der Waals surface area contributed by atoms with Crippen LogP contribution in [0.5, 0.6) is 0 Å². The fraction of sp³-hybridized carbons (Fsp3) is 0.692. The SMILES string of the molecule is CC.CC1CC/C=C\C=C/CCC1. The molecule has 76 valence electrons. The molecule has 13 heavy (non-hydrogen) atoms. The second kappa shape index (κ2) is 9.57. The van der Waals surface area contributed by atoms with Gasteiger partial charge in [0, 0.05) is 0 Å². The van der Waals surface area contributed by atoms with Crippen LogP contribution in [0.2, 0.25) is 0 Å². The van der Waals surface area contributed by atoms with E-state index >= 15 is 0 Å². The van der Waals surface area contributed by atoms with Gasteiger partial charge in [0.15, 0.2) is 0 Å². The van der Waals surface area contributed by atoms with Crippen LogP contribution in [0.4, 0.5) is 0 Å².